The van der Waals surface area contributed by atoms with Gasteiger partial charge in [-0.05, 0) is 13.0 Å². The van der Waals surface area contributed by atoms with E-state index in [0.717, 1.165) is 18.4 Å². The van der Waals surface area contributed by atoms with Crippen molar-refractivity contribution >= 4 is 11.8 Å². The van der Waals surface area contributed by atoms with Gasteiger partial charge in [0, 0.05) is 17.5 Å². The molecule has 2 nitrogen and oxygen atoms in total. The molecule has 10 heavy (non-hydrogen) atoms. The van der Waals surface area contributed by atoms with E-state index in [0.29, 0.717) is 6.10 Å². The highest BCUT2D eigenvalue weighted by atomic mass is 32.2. The predicted octanol–water partition coefficient (Wildman–Crippen LogP) is 0.480. The Hall–Kier alpha value is 0.270. The number of ether oxygens (including phenoxy) is 1. The highest BCUT2D eigenvalue weighted by molar-refractivity contribution is 8.00. The standard InChI is InChI=1S/C7H13NOS/c1-2-8-5-6-7(1)10-4-3-9-6/h6-8H,1-5H2. The average molecular weight is 159 g/mol. The summed E-state index contributed by atoms with van der Waals surface area (Å²) in [7, 11) is 0. The second-order valence-corrected chi connectivity index (χ2v) is 4.16. The van der Waals surface area contributed by atoms with E-state index in [1.807, 2.05) is 0 Å². The Morgan fingerprint density at radius 1 is 1.50 bits per heavy atom. The van der Waals surface area contributed by atoms with E-state index in [-0.39, 0.29) is 0 Å². The zero-order chi connectivity index (χ0) is 6.81. The van der Waals surface area contributed by atoms with Crippen LogP contribution in [0.4, 0.5) is 0 Å². The van der Waals surface area contributed by atoms with Crippen LogP contribution in [-0.4, -0.2) is 36.8 Å². The summed E-state index contributed by atoms with van der Waals surface area (Å²) in [5.41, 5.74) is 0. The van der Waals surface area contributed by atoms with Crippen molar-refractivity contribution in [3.63, 3.8) is 0 Å². The lowest BCUT2D eigenvalue weighted by Gasteiger charge is -2.35. The number of piperidine rings is 1. The number of thioether (sulfide) groups is 1. The first-order valence-corrected chi connectivity index (χ1v) is 4.95. The minimum atomic E-state index is 0.507. The van der Waals surface area contributed by atoms with E-state index in [4.69, 9.17) is 4.74 Å². The fourth-order valence-corrected chi connectivity index (χ4v) is 2.73. The van der Waals surface area contributed by atoms with Gasteiger partial charge >= 0.3 is 0 Å². The highest BCUT2D eigenvalue weighted by Crippen LogP contribution is 2.26. The number of hydrogen-bond acceptors (Lipinski definition) is 3. The Kier molecular flexibility index (Phi) is 2.16. The van der Waals surface area contributed by atoms with Crippen LogP contribution in [0.1, 0.15) is 6.42 Å². The zero-order valence-corrected chi connectivity index (χ0v) is 6.82. The summed E-state index contributed by atoms with van der Waals surface area (Å²) >= 11 is 2.08. The van der Waals surface area contributed by atoms with Crippen molar-refractivity contribution in [3.8, 4) is 0 Å². The summed E-state index contributed by atoms with van der Waals surface area (Å²) in [6.45, 7) is 3.20. The van der Waals surface area contributed by atoms with Crippen molar-refractivity contribution in [3.05, 3.63) is 0 Å². The van der Waals surface area contributed by atoms with Crippen LogP contribution in [-0.2, 0) is 4.74 Å². The van der Waals surface area contributed by atoms with Crippen LogP contribution in [0.3, 0.4) is 0 Å². The monoisotopic (exact) mass is 159 g/mol. The zero-order valence-electron chi connectivity index (χ0n) is 6.01. The molecule has 0 aromatic carbocycles. The van der Waals surface area contributed by atoms with Crippen molar-refractivity contribution in [1.29, 1.82) is 0 Å². The van der Waals surface area contributed by atoms with Gasteiger partial charge in [0.15, 0.2) is 0 Å². The van der Waals surface area contributed by atoms with Crippen molar-refractivity contribution in [2.24, 2.45) is 0 Å². The van der Waals surface area contributed by atoms with Crippen molar-refractivity contribution in [2.45, 2.75) is 17.8 Å². The fourth-order valence-electron chi connectivity index (χ4n) is 1.56. The molecule has 0 saturated carbocycles. The molecule has 0 radical (unpaired) electrons. The SMILES string of the molecule is C1CC2SCCOC2CN1. The van der Waals surface area contributed by atoms with Crippen LogP contribution in [0, 0.1) is 0 Å². The normalized spacial score (nSPS) is 40.8. The molecule has 58 valence electrons. The molecule has 2 unspecified atom stereocenters. The minimum Gasteiger partial charge on any atom is -0.375 e. The molecular formula is C7H13NOS. The third kappa shape index (κ3) is 1.31. The topological polar surface area (TPSA) is 21.3 Å². The maximum absolute atomic E-state index is 5.60. The van der Waals surface area contributed by atoms with E-state index >= 15 is 0 Å². The largest absolute Gasteiger partial charge is 0.375 e. The minimum absolute atomic E-state index is 0.507. The van der Waals surface area contributed by atoms with Gasteiger partial charge in [-0.25, -0.2) is 0 Å². The molecule has 2 saturated heterocycles. The second-order valence-electron chi connectivity index (χ2n) is 2.81. The smallest absolute Gasteiger partial charge is 0.0818 e. The molecule has 0 bridgehead atoms. The number of hydrogen-bond donors (Lipinski definition) is 1. The quantitative estimate of drug-likeness (QED) is 0.555. The van der Waals surface area contributed by atoms with E-state index in [9.17, 15) is 0 Å². The lowest BCUT2D eigenvalue weighted by atomic mass is 10.1. The van der Waals surface area contributed by atoms with Crippen molar-refractivity contribution in [2.75, 3.05) is 25.4 Å². The number of fused-ring (bicyclic) bond motifs is 1. The van der Waals surface area contributed by atoms with Crippen LogP contribution in [0.5, 0.6) is 0 Å². The summed E-state index contributed by atoms with van der Waals surface area (Å²) < 4.78 is 5.60. The first-order chi connectivity index (χ1) is 4.97. The Labute approximate surface area is 65.7 Å². The van der Waals surface area contributed by atoms with Gasteiger partial charge in [-0.2, -0.15) is 11.8 Å². The second kappa shape index (κ2) is 3.11. The van der Waals surface area contributed by atoms with Crippen LogP contribution < -0.4 is 5.32 Å². The van der Waals surface area contributed by atoms with E-state index in [2.05, 4.69) is 17.1 Å². The third-order valence-corrected chi connectivity index (χ3v) is 3.48. The molecule has 2 aliphatic rings. The van der Waals surface area contributed by atoms with E-state index in [1.165, 1.54) is 18.7 Å². The van der Waals surface area contributed by atoms with Crippen LogP contribution in [0.2, 0.25) is 0 Å². The molecule has 1 N–H and O–H groups in total. The van der Waals surface area contributed by atoms with Gasteiger partial charge in [-0.1, -0.05) is 0 Å². The van der Waals surface area contributed by atoms with E-state index < -0.39 is 0 Å². The lowest BCUT2D eigenvalue weighted by Crippen LogP contribution is -2.46. The maximum atomic E-state index is 5.60. The Bertz CT molecular complexity index is 94.2. The highest BCUT2D eigenvalue weighted by Gasteiger charge is 2.28. The summed E-state index contributed by atoms with van der Waals surface area (Å²) in [6.07, 6.45) is 1.79. The fraction of sp³-hybridized carbons (Fsp3) is 1.00. The van der Waals surface area contributed by atoms with Gasteiger partial charge in [0.05, 0.1) is 12.7 Å². The van der Waals surface area contributed by atoms with Gasteiger partial charge in [0.25, 0.3) is 0 Å². The molecule has 0 aromatic heterocycles. The molecule has 2 fully saturated rings. The van der Waals surface area contributed by atoms with Gasteiger partial charge in [0.1, 0.15) is 0 Å². The van der Waals surface area contributed by atoms with Gasteiger partial charge in [-0.3, -0.25) is 0 Å². The Morgan fingerprint density at radius 3 is 3.40 bits per heavy atom. The van der Waals surface area contributed by atoms with Crippen molar-refractivity contribution in [1.82, 2.24) is 5.32 Å². The molecule has 0 aromatic rings. The Morgan fingerprint density at radius 2 is 2.50 bits per heavy atom. The van der Waals surface area contributed by atoms with Gasteiger partial charge < -0.3 is 10.1 Å². The molecule has 3 heteroatoms. The maximum Gasteiger partial charge on any atom is 0.0818 e. The molecule has 2 aliphatic heterocycles. The third-order valence-electron chi connectivity index (χ3n) is 2.11. The number of rotatable bonds is 0. The molecule has 0 spiro atoms. The average Bonchev–Trinajstić information content (AvgIpc) is 2.05. The summed E-state index contributed by atoms with van der Waals surface area (Å²) in [4.78, 5) is 0. The molecule has 0 amide bonds. The van der Waals surface area contributed by atoms with Crippen LogP contribution >= 0.6 is 11.8 Å². The van der Waals surface area contributed by atoms with Crippen LogP contribution in [0.25, 0.3) is 0 Å². The van der Waals surface area contributed by atoms with Gasteiger partial charge in [0.2, 0.25) is 0 Å². The molecule has 2 heterocycles. The first-order valence-electron chi connectivity index (χ1n) is 3.91. The molecular weight excluding hydrogens is 146 g/mol. The summed E-state index contributed by atoms with van der Waals surface area (Å²) in [5, 5.41) is 4.13. The van der Waals surface area contributed by atoms with E-state index in [1.54, 1.807) is 0 Å². The molecule has 0 aliphatic carbocycles. The molecule has 2 atom stereocenters. The summed E-state index contributed by atoms with van der Waals surface area (Å²) in [5.74, 6) is 1.20. The predicted molar refractivity (Wildman–Crippen MR) is 43.5 cm³/mol. The number of nitrogens with one attached hydrogen (secondary N) is 1. The van der Waals surface area contributed by atoms with Crippen LogP contribution in [0.15, 0.2) is 0 Å². The molecule has 2 rings (SSSR count). The lowest BCUT2D eigenvalue weighted by molar-refractivity contribution is 0.0448. The first kappa shape index (κ1) is 6.95. The van der Waals surface area contributed by atoms with Gasteiger partial charge in [-0.15, -0.1) is 0 Å². The summed E-state index contributed by atoms with van der Waals surface area (Å²) in [6, 6.07) is 0. The Balaban J connectivity index is 1.93. The van der Waals surface area contributed by atoms with Crippen molar-refractivity contribution < 1.29 is 4.74 Å².